The summed E-state index contributed by atoms with van der Waals surface area (Å²) in [5.74, 6) is -0.597. The summed E-state index contributed by atoms with van der Waals surface area (Å²) in [6.07, 6.45) is 30.7. The highest BCUT2D eigenvalue weighted by atomic mass is 31.2. The second kappa shape index (κ2) is 38.6. The molecule has 0 radical (unpaired) electrons. The van der Waals surface area contributed by atoms with Crippen molar-refractivity contribution < 1.29 is 59.0 Å². The predicted molar refractivity (Wildman–Crippen MR) is 252 cm³/mol. The zero-order chi connectivity index (χ0) is 46.6. The van der Waals surface area contributed by atoms with Crippen molar-refractivity contribution >= 4 is 13.7 Å². The average molecular weight is 918 g/mol. The number of phosphoric ester groups is 1. The van der Waals surface area contributed by atoms with E-state index in [1.54, 1.807) is 6.08 Å². The Morgan fingerprint density at radius 2 is 0.952 bits per heavy atom. The minimum atomic E-state index is -5.14. The standard InChI is InChI=1S/C49H92NO12P/c1-3-5-7-9-11-13-15-17-19-21-22-24-26-28-30-32-34-36-40(51)38-43(53)50-41(39-61-63(59,60)62-49-47(57)45(55)44(54)46(56)48(49)58)42(52)37-35-33-31-29-27-25-23-20-18-16-14-12-10-8-6-4-2/h11,13,15,17,35,37,40-42,44-49,51-52,54-58H,3-10,12,14,16,18-34,36,38-39H2,1-2H3,(H,50,53)(H,59,60)/b13-11-,17-15-,37-35+. The second-order valence-corrected chi connectivity index (χ2v) is 19.3. The molecule has 8 unspecified atom stereocenters. The molecule has 0 aromatic rings. The summed E-state index contributed by atoms with van der Waals surface area (Å²) in [5, 5.41) is 74.6. The molecule has 63 heavy (non-hydrogen) atoms. The van der Waals surface area contributed by atoms with Crippen molar-refractivity contribution in [3.63, 3.8) is 0 Å². The molecule has 14 heteroatoms. The highest BCUT2D eigenvalue weighted by Gasteiger charge is 2.51. The van der Waals surface area contributed by atoms with Crippen LogP contribution in [0.25, 0.3) is 0 Å². The van der Waals surface area contributed by atoms with Gasteiger partial charge in [-0.15, -0.1) is 0 Å². The van der Waals surface area contributed by atoms with Gasteiger partial charge in [0.25, 0.3) is 0 Å². The Balaban J connectivity index is 2.51. The van der Waals surface area contributed by atoms with Crippen LogP contribution in [0.3, 0.4) is 0 Å². The van der Waals surface area contributed by atoms with Crippen LogP contribution in [-0.4, -0.2) is 108 Å². The van der Waals surface area contributed by atoms with E-state index in [9.17, 15) is 50.0 Å². The Morgan fingerprint density at radius 3 is 1.43 bits per heavy atom. The van der Waals surface area contributed by atoms with Crippen LogP contribution in [0, 0.1) is 0 Å². The van der Waals surface area contributed by atoms with Crippen LogP contribution in [0.1, 0.15) is 206 Å². The van der Waals surface area contributed by atoms with E-state index in [0.717, 1.165) is 57.8 Å². The smallest absolute Gasteiger partial charge is 0.393 e. The van der Waals surface area contributed by atoms with Gasteiger partial charge in [0.15, 0.2) is 0 Å². The molecule has 0 heterocycles. The number of rotatable bonds is 41. The van der Waals surface area contributed by atoms with Crippen molar-refractivity contribution in [2.24, 2.45) is 0 Å². The second-order valence-electron chi connectivity index (χ2n) is 17.9. The van der Waals surface area contributed by atoms with E-state index in [1.807, 2.05) is 0 Å². The molecule has 8 atom stereocenters. The van der Waals surface area contributed by atoms with Gasteiger partial charge in [0, 0.05) is 0 Å². The molecule has 1 saturated carbocycles. The molecule has 0 spiro atoms. The molecule has 0 aromatic carbocycles. The molecule has 13 nitrogen and oxygen atoms in total. The lowest BCUT2D eigenvalue weighted by molar-refractivity contribution is -0.220. The van der Waals surface area contributed by atoms with Gasteiger partial charge in [0.2, 0.25) is 5.91 Å². The van der Waals surface area contributed by atoms with Crippen LogP contribution in [0.2, 0.25) is 0 Å². The lowest BCUT2D eigenvalue weighted by atomic mass is 9.85. The number of unbranched alkanes of at least 4 members (excludes halogenated alkanes) is 25. The predicted octanol–water partition coefficient (Wildman–Crippen LogP) is 8.92. The Labute approximate surface area is 381 Å². The number of hydrogen-bond acceptors (Lipinski definition) is 11. The van der Waals surface area contributed by atoms with Crippen LogP contribution in [0.4, 0.5) is 0 Å². The zero-order valence-electron chi connectivity index (χ0n) is 39.2. The van der Waals surface area contributed by atoms with Crippen LogP contribution in [0.15, 0.2) is 36.5 Å². The molecular formula is C49H92NO12P. The molecular weight excluding hydrogens is 826 g/mol. The lowest BCUT2D eigenvalue weighted by Gasteiger charge is -2.41. The average Bonchev–Trinajstić information content (AvgIpc) is 3.26. The van der Waals surface area contributed by atoms with Crippen LogP contribution < -0.4 is 5.32 Å². The van der Waals surface area contributed by atoms with E-state index in [4.69, 9.17) is 9.05 Å². The zero-order valence-corrected chi connectivity index (χ0v) is 40.1. The third-order valence-corrected chi connectivity index (χ3v) is 13.0. The lowest BCUT2D eigenvalue weighted by Crippen LogP contribution is -2.64. The van der Waals surface area contributed by atoms with E-state index < -0.39 is 75.2 Å². The normalized spacial score (nSPS) is 23.1. The number of aliphatic hydroxyl groups is 7. The van der Waals surface area contributed by atoms with Gasteiger partial charge in [0.1, 0.15) is 36.6 Å². The third-order valence-electron chi connectivity index (χ3n) is 12.0. The summed E-state index contributed by atoms with van der Waals surface area (Å²) in [4.78, 5) is 23.5. The van der Waals surface area contributed by atoms with Crippen molar-refractivity contribution in [3.05, 3.63) is 36.5 Å². The summed E-state index contributed by atoms with van der Waals surface area (Å²) >= 11 is 0. The number of carbonyl (C=O) groups is 1. The number of allylic oxidation sites excluding steroid dienone is 5. The highest BCUT2D eigenvalue weighted by molar-refractivity contribution is 7.47. The molecule has 0 saturated heterocycles. The number of aliphatic hydroxyl groups excluding tert-OH is 7. The Kier molecular flexibility index (Phi) is 36.5. The van der Waals surface area contributed by atoms with Crippen LogP contribution in [0.5, 0.6) is 0 Å². The van der Waals surface area contributed by atoms with Gasteiger partial charge in [0.05, 0.1) is 31.3 Å². The number of hydrogen-bond donors (Lipinski definition) is 9. The maximum Gasteiger partial charge on any atom is 0.472 e. The molecule has 0 aliphatic heterocycles. The van der Waals surface area contributed by atoms with Gasteiger partial charge >= 0.3 is 7.82 Å². The van der Waals surface area contributed by atoms with Crippen molar-refractivity contribution in [1.29, 1.82) is 0 Å². The molecule has 0 bridgehead atoms. The molecule has 1 rings (SSSR count). The molecule has 0 aromatic heterocycles. The maximum absolute atomic E-state index is 13.0. The number of phosphoric acid groups is 1. The van der Waals surface area contributed by atoms with Gasteiger partial charge < -0.3 is 46.0 Å². The van der Waals surface area contributed by atoms with Crippen LogP contribution in [-0.2, 0) is 18.4 Å². The van der Waals surface area contributed by atoms with Crippen molar-refractivity contribution in [3.8, 4) is 0 Å². The molecule has 9 N–H and O–H groups in total. The molecule has 1 fully saturated rings. The number of nitrogens with one attached hydrogen (secondary N) is 1. The van der Waals surface area contributed by atoms with Crippen LogP contribution >= 0.6 is 7.82 Å². The molecule has 370 valence electrons. The molecule has 1 aliphatic rings. The van der Waals surface area contributed by atoms with Crippen molar-refractivity contribution in [2.45, 2.75) is 261 Å². The highest BCUT2D eigenvalue weighted by Crippen LogP contribution is 2.47. The Bertz CT molecular complexity index is 1220. The third kappa shape index (κ3) is 30.4. The fourth-order valence-corrected chi connectivity index (χ4v) is 8.85. The Hall–Kier alpha value is -1.48. The molecule has 1 amide bonds. The quantitative estimate of drug-likeness (QED) is 0.0121. The fourth-order valence-electron chi connectivity index (χ4n) is 7.88. The van der Waals surface area contributed by atoms with Crippen molar-refractivity contribution in [1.82, 2.24) is 5.32 Å². The largest absolute Gasteiger partial charge is 0.472 e. The summed E-state index contributed by atoms with van der Waals surface area (Å²) in [5.41, 5.74) is 0. The van der Waals surface area contributed by atoms with Crippen molar-refractivity contribution in [2.75, 3.05) is 6.61 Å². The van der Waals surface area contributed by atoms with Gasteiger partial charge in [-0.3, -0.25) is 13.8 Å². The van der Waals surface area contributed by atoms with Gasteiger partial charge in [-0.25, -0.2) is 4.57 Å². The van der Waals surface area contributed by atoms with E-state index in [2.05, 4.69) is 43.5 Å². The first-order valence-corrected chi connectivity index (χ1v) is 26.5. The summed E-state index contributed by atoms with van der Waals surface area (Å²) in [7, 11) is -5.14. The van der Waals surface area contributed by atoms with Gasteiger partial charge in [-0.05, 0) is 44.9 Å². The minimum absolute atomic E-state index is 0.249. The first kappa shape index (κ1) is 59.5. The monoisotopic (exact) mass is 918 g/mol. The maximum atomic E-state index is 13.0. The van der Waals surface area contributed by atoms with Gasteiger partial charge in [-0.2, -0.15) is 0 Å². The van der Waals surface area contributed by atoms with E-state index in [0.29, 0.717) is 12.8 Å². The molecule has 1 aliphatic carbocycles. The summed E-state index contributed by atoms with van der Waals surface area (Å²) in [6, 6.07) is -1.24. The summed E-state index contributed by atoms with van der Waals surface area (Å²) in [6.45, 7) is 3.72. The SMILES string of the molecule is CCCCC/C=C\C=C/CCCCCCCCCCC(O)CC(=O)NC(COP(=O)(O)OC1C(O)C(O)C(O)C(O)C1O)C(O)/C=C/CCCCCCCCCCCCCCCC. The topological polar surface area (TPSA) is 226 Å². The van der Waals surface area contributed by atoms with Gasteiger partial charge in [-0.1, -0.05) is 192 Å². The fraction of sp³-hybridized carbons (Fsp3) is 0.857. The summed E-state index contributed by atoms with van der Waals surface area (Å²) < 4.78 is 22.9. The first-order chi connectivity index (χ1) is 30.3. The first-order valence-electron chi connectivity index (χ1n) is 25.0. The van der Waals surface area contributed by atoms with E-state index in [-0.39, 0.29) is 6.42 Å². The van der Waals surface area contributed by atoms with E-state index >= 15 is 0 Å². The number of amides is 1. The Morgan fingerprint density at radius 1 is 0.571 bits per heavy atom. The minimum Gasteiger partial charge on any atom is -0.393 e. The van der Waals surface area contributed by atoms with E-state index in [1.165, 1.54) is 122 Å². The number of carbonyl (C=O) groups excluding carboxylic acids is 1.